The zero-order valence-corrected chi connectivity index (χ0v) is 17.3. The number of esters is 2. The zero-order chi connectivity index (χ0) is 21.2. The largest absolute Gasteiger partial charge is 0.463 e. The third kappa shape index (κ3) is 7.45. The molecule has 1 atom stereocenters. The Labute approximate surface area is 175 Å². The highest BCUT2D eigenvalue weighted by Gasteiger charge is 2.34. The fraction of sp³-hybridized carbons (Fsp3) is 0.632. The van der Waals surface area contributed by atoms with Crippen molar-refractivity contribution in [1.82, 2.24) is 15.5 Å². The van der Waals surface area contributed by atoms with E-state index in [0.29, 0.717) is 13.1 Å². The van der Waals surface area contributed by atoms with Gasteiger partial charge < -0.3 is 19.7 Å². The molecule has 0 aromatic heterocycles. The first kappa shape index (κ1) is 22.8. The van der Waals surface area contributed by atoms with Gasteiger partial charge in [0, 0.05) is 25.2 Å². The first-order chi connectivity index (χ1) is 13.9. The molecule has 2 N–H and O–H groups in total. The summed E-state index contributed by atoms with van der Waals surface area (Å²) in [5.74, 6) is -2.08. The van der Waals surface area contributed by atoms with Crippen molar-refractivity contribution < 1.29 is 28.7 Å². The molecular weight excluding hydrogens is 398 g/mol. The zero-order valence-electron chi connectivity index (χ0n) is 16.5. The number of ether oxygens (including phenoxy) is 2. The molecule has 0 spiro atoms. The Bertz CT molecular complexity index is 675. The Morgan fingerprint density at radius 2 is 1.97 bits per heavy atom. The third-order valence-corrected chi connectivity index (χ3v) is 5.03. The molecule has 0 radical (unpaired) electrons. The summed E-state index contributed by atoms with van der Waals surface area (Å²) in [7, 11) is 0. The maximum atomic E-state index is 12.3. The molecule has 0 aromatic rings. The highest BCUT2D eigenvalue weighted by atomic mass is 32.1. The summed E-state index contributed by atoms with van der Waals surface area (Å²) in [6, 6.07) is -0.860. The molecule has 10 heteroatoms. The Morgan fingerprint density at radius 1 is 1.24 bits per heavy atom. The number of nitrogens with one attached hydrogen (secondary N) is 2. The van der Waals surface area contributed by atoms with Crippen LogP contribution in [0.2, 0.25) is 0 Å². The fourth-order valence-electron chi connectivity index (χ4n) is 3.29. The van der Waals surface area contributed by atoms with Crippen molar-refractivity contribution in [2.24, 2.45) is 0 Å². The second-order valence-corrected chi connectivity index (χ2v) is 7.22. The molecule has 29 heavy (non-hydrogen) atoms. The molecule has 9 nitrogen and oxygen atoms in total. The predicted molar refractivity (Wildman–Crippen MR) is 108 cm³/mol. The van der Waals surface area contributed by atoms with E-state index in [4.69, 9.17) is 21.7 Å². The molecule has 1 aliphatic carbocycles. The molecule has 1 saturated heterocycles. The van der Waals surface area contributed by atoms with Crippen molar-refractivity contribution in [3.05, 3.63) is 12.2 Å². The quantitative estimate of drug-likeness (QED) is 0.361. The molecule has 0 bridgehead atoms. The molecule has 1 unspecified atom stereocenters. The van der Waals surface area contributed by atoms with Crippen LogP contribution in [0.1, 0.15) is 45.4 Å². The van der Waals surface area contributed by atoms with E-state index in [1.54, 1.807) is 6.92 Å². The van der Waals surface area contributed by atoms with Crippen LogP contribution in [0.4, 0.5) is 0 Å². The van der Waals surface area contributed by atoms with Crippen LogP contribution in [0, 0.1) is 0 Å². The standard InChI is InChI=1S/C19H27N3O6S/c1-2-27-16(24)9-8-15(23)21-19(29)22-11-10-20-18(26)14(22)12-17(25)28-13-6-4-3-5-7-13/h8-9,13-14H,2-7,10-12H2,1H3,(H,20,26)(H,21,23,29)/b9-8+. The van der Waals surface area contributed by atoms with E-state index >= 15 is 0 Å². The maximum absolute atomic E-state index is 12.3. The number of carbonyl (C=O) groups excluding carboxylic acids is 4. The molecule has 1 aliphatic heterocycles. The second kappa shape index (κ2) is 11.5. The number of thiocarbonyl (C=S) groups is 1. The van der Waals surface area contributed by atoms with Crippen LogP contribution in [-0.4, -0.2) is 65.6 Å². The Morgan fingerprint density at radius 3 is 2.66 bits per heavy atom. The minimum atomic E-state index is -0.860. The summed E-state index contributed by atoms with van der Waals surface area (Å²) in [4.78, 5) is 49.4. The Hall–Kier alpha value is -2.49. The van der Waals surface area contributed by atoms with Gasteiger partial charge >= 0.3 is 11.9 Å². The van der Waals surface area contributed by atoms with Crippen LogP contribution >= 0.6 is 12.2 Å². The second-order valence-electron chi connectivity index (χ2n) is 6.83. The molecule has 2 amide bonds. The van der Waals surface area contributed by atoms with Crippen molar-refractivity contribution in [1.29, 1.82) is 0 Å². The van der Waals surface area contributed by atoms with E-state index in [1.165, 1.54) is 4.90 Å². The minimum absolute atomic E-state index is 0.00817. The first-order valence-corrected chi connectivity index (χ1v) is 10.2. The van der Waals surface area contributed by atoms with Crippen molar-refractivity contribution in [3.8, 4) is 0 Å². The van der Waals surface area contributed by atoms with Crippen molar-refractivity contribution in [3.63, 3.8) is 0 Å². The van der Waals surface area contributed by atoms with Gasteiger partial charge in [-0.3, -0.25) is 19.7 Å². The van der Waals surface area contributed by atoms with Gasteiger partial charge in [0.05, 0.1) is 13.0 Å². The van der Waals surface area contributed by atoms with Crippen LogP contribution in [0.5, 0.6) is 0 Å². The summed E-state index contributed by atoms with van der Waals surface area (Å²) < 4.78 is 10.2. The summed E-state index contributed by atoms with van der Waals surface area (Å²) in [5, 5.41) is 5.15. The van der Waals surface area contributed by atoms with Crippen LogP contribution in [-0.2, 0) is 28.7 Å². The summed E-state index contributed by atoms with van der Waals surface area (Å²) in [6.07, 6.45) is 6.62. The summed E-state index contributed by atoms with van der Waals surface area (Å²) in [5.41, 5.74) is 0. The van der Waals surface area contributed by atoms with Crippen LogP contribution in [0.15, 0.2) is 12.2 Å². The number of amides is 2. The summed E-state index contributed by atoms with van der Waals surface area (Å²) >= 11 is 5.24. The number of carbonyl (C=O) groups is 4. The molecule has 0 aromatic carbocycles. The van der Waals surface area contributed by atoms with Crippen molar-refractivity contribution >= 4 is 41.1 Å². The predicted octanol–water partition coefficient (Wildman–Crippen LogP) is 0.573. The van der Waals surface area contributed by atoms with E-state index in [1.807, 2.05) is 0 Å². The Kier molecular flexibility index (Phi) is 9.04. The summed E-state index contributed by atoms with van der Waals surface area (Å²) in [6.45, 7) is 2.53. The topological polar surface area (TPSA) is 114 Å². The molecule has 2 fully saturated rings. The number of hydrogen-bond donors (Lipinski definition) is 2. The van der Waals surface area contributed by atoms with Gasteiger partial charge in [-0.25, -0.2) is 4.79 Å². The third-order valence-electron chi connectivity index (χ3n) is 4.69. The lowest BCUT2D eigenvalue weighted by Gasteiger charge is -2.36. The van der Waals surface area contributed by atoms with Crippen LogP contribution in [0.3, 0.4) is 0 Å². The average Bonchev–Trinajstić information content (AvgIpc) is 2.69. The van der Waals surface area contributed by atoms with E-state index in [2.05, 4.69) is 10.6 Å². The number of piperazine rings is 1. The van der Waals surface area contributed by atoms with Crippen LogP contribution < -0.4 is 10.6 Å². The lowest BCUT2D eigenvalue weighted by atomic mass is 9.98. The average molecular weight is 426 g/mol. The SMILES string of the molecule is CCOC(=O)/C=C/C(=O)NC(=S)N1CCNC(=O)C1CC(=O)OC1CCCCC1. The number of hydrogen-bond acceptors (Lipinski definition) is 7. The van der Waals surface area contributed by atoms with Gasteiger partial charge in [-0.05, 0) is 44.8 Å². The Balaban J connectivity index is 1.92. The van der Waals surface area contributed by atoms with E-state index in [9.17, 15) is 19.2 Å². The molecule has 160 valence electrons. The normalized spacial score (nSPS) is 20.1. The first-order valence-electron chi connectivity index (χ1n) is 9.84. The van der Waals surface area contributed by atoms with Crippen molar-refractivity contribution in [2.75, 3.05) is 19.7 Å². The lowest BCUT2D eigenvalue weighted by Crippen LogP contribution is -2.60. The van der Waals surface area contributed by atoms with Gasteiger partial charge in [-0.2, -0.15) is 0 Å². The molecular formula is C19H27N3O6S. The van der Waals surface area contributed by atoms with Gasteiger partial charge in [0.1, 0.15) is 12.1 Å². The maximum Gasteiger partial charge on any atom is 0.330 e. The molecule has 1 saturated carbocycles. The van der Waals surface area contributed by atoms with Crippen molar-refractivity contribution in [2.45, 2.75) is 57.6 Å². The lowest BCUT2D eigenvalue weighted by molar-refractivity contribution is -0.153. The molecule has 1 heterocycles. The van der Waals surface area contributed by atoms with Gasteiger partial charge in [0.2, 0.25) is 11.8 Å². The van der Waals surface area contributed by atoms with Crippen LogP contribution in [0.25, 0.3) is 0 Å². The van der Waals surface area contributed by atoms with E-state index in [0.717, 1.165) is 44.3 Å². The highest BCUT2D eigenvalue weighted by Crippen LogP contribution is 2.21. The van der Waals surface area contributed by atoms with Gasteiger partial charge in [0.15, 0.2) is 5.11 Å². The van der Waals surface area contributed by atoms with E-state index < -0.39 is 23.9 Å². The minimum Gasteiger partial charge on any atom is -0.463 e. The monoisotopic (exact) mass is 425 g/mol. The number of nitrogens with zero attached hydrogens (tertiary/aromatic N) is 1. The smallest absolute Gasteiger partial charge is 0.330 e. The highest BCUT2D eigenvalue weighted by molar-refractivity contribution is 7.80. The molecule has 2 rings (SSSR count). The van der Waals surface area contributed by atoms with Gasteiger partial charge in [-0.1, -0.05) is 6.42 Å². The number of rotatable bonds is 6. The van der Waals surface area contributed by atoms with Gasteiger partial charge in [-0.15, -0.1) is 0 Å². The van der Waals surface area contributed by atoms with E-state index in [-0.39, 0.29) is 30.2 Å². The molecule has 2 aliphatic rings. The fourth-order valence-corrected chi connectivity index (χ4v) is 3.61. The van der Waals surface area contributed by atoms with Gasteiger partial charge in [0.25, 0.3) is 0 Å².